The van der Waals surface area contributed by atoms with Gasteiger partial charge in [0.1, 0.15) is 23.2 Å². The third-order valence-corrected chi connectivity index (χ3v) is 5.05. The van der Waals surface area contributed by atoms with Gasteiger partial charge in [-0.15, -0.1) is 0 Å². The molecule has 0 atom stereocenters. The normalized spacial score (nSPS) is 11.2. The summed E-state index contributed by atoms with van der Waals surface area (Å²) in [5, 5.41) is 12.7. The van der Waals surface area contributed by atoms with Gasteiger partial charge in [-0.2, -0.15) is 5.26 Å². The molecule has 3 aromatic rings. The summed E-state index contributed by atoms with van der Waals surface area (Å²) in [6, 6.07) is 15.9. The van der Waals surface area contributed by atoms with Crippen LogP contribution in [-0.2, 0) is 4.79 Å². The van der Waals surface area contributed by atoms with E-state index in [9.17, 15) is 10.1 Å². The number of nitrogens with one attached hydrogen (secondary N) is 1. The molecule has 0 spiro atoms. The Labute approximate surface area is 180 Å². The molecule has 2 aromatic carbocycles. The van der Waals surface area contributed by atoms with Crippen molar-refractivity contribution in [1.29, 1.82) is 5.26 Å². The number of furan rings is 1. The number of carbonyl (C=O) groups is 1. The van der Waals surface area contributed by atoms with Crippen LogP contribution < -0.4 is 5.32 Å². The molecule has 1 aromatic heterocycles. The molecule has 0 unspecified atom stereocenters. The third kappa shape index (κ3) is 4.66. The molecular formula is C21H13BrCl2N2O2. The maximum absolute atomic E-state index is 12.4. The molecule has 0 aliphatic rings. The number of anilines is 1. The fourth-order valence-electron chi connectivity index (χ4n) is 2.47. The van der Waals surface area contributed by atoms with Crippen molar-refractivity contribution in [3.8, 4) is 17.4 Å². The molecule has 0 saturated carbocycles. The number of nitrogens with zero attached hydrogens (tertiary/aromatic N) is 1. The monoisotopic (exact) mass is 474 g/mol. The Morgan fingerprint density at radius 3 is 2.64 bits per heavy atom. The molecule has 0 saturated heterocycles. The first-order chi connectivity index (χ1) is 13.4. The first kappa shape index (κ1) is 20.2. The van der Waals surface area contributed by atoms with Gasteiger partial charge in [-0.1, -0.05) is 45.2 Å². The smallest absolute Gasteiger partial charge is 0.266 e. The summed E-state index contributed by atoms with van der Waals surface area (Å²) in [5.74, 6) is 0.411. The van der Waals surface area contributed by atoms with E-state index in [-0.39, 0.29) is 10.6 Å². The van der Waals surface area contributed by atoms with Crippen molar-refractivity contribution in [2.75, 3.05) is 5.32 Å². The van der Waals surface area contributed by atoms with Crippen LogP contribution >= 0.6 is 39.1 Å². The van der Waals surface area contributed by atoms with Gasteiger partial charge in [0.25, 0.3) is 5.91 Å². The Kier molecular flexibility index (Phi) is 6.25. The molecule has 0 fully saturated rings. The van der Waals surface area contributed by atoms with Gasteiger partial charge >= 0.3 is 0 Å². The van der Waals surface area contributed by atoms with Crippen LogP contribution in [0.2, 0.25) is 10.0 Å². The van der Waals surface area contributed by atoms with Crippen molar-refractivity contribution >= 4 is 56.8 Å². The molecule has 0 radical (unpaired) electrons. The molecule has 1 heterocycles. The number of halogens is 3. The van der Waals surface area contributed by atoms with Crippen LogP contribution in [0.1, 0.15) is 11.3 Å². The Hall–Kier alpha value is -2.52. The van der Waals surface area contributed by atoms with E-state index in [2.05, 4.69) is 21.2 Å². The SMILES string of the molecule is Cc1ccc(-c2ccc(/C=C(/C#N)C(=O)Nc3ccc(Cl)cc3Cl)o2)c(Br)c1. The van der Waals surface area contributed by atoms with Crippen LogP contribution in [0.25, 0.3) is 17.4 Å². The minimum atomic E-state index is -0.596. The average molecular weight is 476 g/mol. The van der Waals surface area contributed by atoms with E-state index in [4.69, 9.17) is 27.6 Å². The first-order valence-corrected chi connectivity index (χ1v) is 9.67. The third-order valence-electron chi connectivity index (χ3n) is 3.85. The van der Waals surface area contributed by atoms with Crippen LogP contribution in [0, 0.1) is 18.3 Å². The molecule has 0 aliphatic heterocycles. The molecule has 3 rings (SSSR count). The second-order valence-electron chi connectivity index (χ2n) is 5.93. The Morgan fingerprint density at radius 2 is 1.96 bits per heavy atom. The summed E-state index contributed by atoms with van der Waals surface area (Å²) < 4.78 is 6.68. The zero-order chi connectivity index (χ0) is 20.3. The number of benzene rings is 2. The molecule has 140 valence electrons. The van der Waals surface area contributed by atoms with Crippen molar-refractivity contribution in [2.45, 2.75) is 6.92 Å². The molecule has 0 bridgehead atoms. The molecule has 1 amide bonds. The number of rotatable bonds is 4. The van der Waals surface area contributed by atoms with Gasteiger partial charge in [-0.05, 0) is 55.0 Å². The molecule has 4 nitrogen and oxygen atoms in total. The second kappa shape index (κ2) is 8.66. The van der Waals surface area contributed by atoms with Gasteiger partial charge in [0, 0.05) is 21.1 Å². The van der Waals surface area contributed by atoms with E-state index >= 15 is 0 Å². The lowest BCUT2D eigenvalue weighted by molar-refractivity contribution is -0.112. The van der Waals surface area contributed by atoms with Crippen molar-refractivity contribution in [3.63, 3.8) is 0 Å². The molecule has 7 heteroatoms. The number of aryl methyl sites for hydroxylation is 1. The fraction of sp³-hybridized carbons (Fsp3) is 0.0476. The quantitative estimate of drug-likeness (QED) is 0.330. The topological polar surface area (TPSA) is 66.0 Å². The highest BCUT2D eigenvalue weighted by atomic mass is 79.9. The average Bonchev–Trinajstić information content (AvgIpc) is 3.10. The van der Waals surface area contributed by atoms with Crippen LogP contribution in [0.3, 0.4) is 0 Å². The highest BCUT2D eigenvalue weighted by Crippen LogP contribution is 2.31. The van der Waals surface area contributed by atoms with Gasteiger partial charge in [0.15, 0.2) is 0 Å². The Balaban J connectivity index is 1.84. The summed E-state index contributed by atoms with van der Waals surface area (Å²) in [4.78, 5) is 12.4. The predicted octanol–water partition coefficient (Wildman–Crippen LogP) is 6.87. The lowest BCUT2D eigenvalue weighted by Gasteiger charge is -2.06. The maximum atomic E-state index is 12.4. The van der Waals surface area contributed by atoms with Gasteiger partial charge in [0.2, 0.25) is 0 Å². The lowest BCUT2D eigenvalue weighted by Crippen LogP contribution is -2.13. The van der Waals surface area contributed by atoms with Gasteiger partial charge in [0.05, 0.1) is 10.7 Å². The minimum absolute atomic E-state index is 0.116. The van der Waals surface area contributed by atoms with Crippen LogP contribution in [0.4, 0.5) is 5.69 Å². The van der Waals surface area contributed by atoms with Crippen LogP contribution in [-0.4, -0.2) is 5.91 Å². The van der Waals surface area contributed by atoms with Gasteiger partial charge < -0.3 is 9.73 Å². The Bertz CT molecular complexity index is 1130. The molecule has 0 aliphatic carbocycles. The second-order valence-corrected chi connectivity index (χ2v) is 7.63. The predicted molar refractivity (Wildman–Crippen MR) is 115 cm³/mol. The van der Waals surface area contributed by atoms with Crippen molar-refractivity contribution in [1.82, 2.24) is 0 Å². The standard InChI is InChI=1S/C21H13BrCl2N2O2/c1-12-2-5-16(17(22)8-12)20-7-4-15(28-20)9-13(11-25)21(27)26-19-6-3-14(23)10-18(19)24/h2-10H,1H3,(H,26,27)/b13-9-. The van der Waals surface area contributed by atoms with E-state index in [0.29, 0.717) is 22.2 Å². The van der Waals surface area contributed by atoms with Crippen LogP contribution in [0.15, 0.2) is 63.0 Å². The lowest BCUT2D eigenvalue weighted by atomic mass is 10.1. The maximum Gasteiger partial charge on any atom is 0.266 e. The number of carbonyl (C=O) groups excluding carboxylic acids is 1. The number of hydrogen-bond acceptors (Lipinski definition) is 3. The zero-order valence-corrected chi connectivity index (χ0v) is 17.7. The van der Waals surface area contributed by atoms with Gasteiger partial charge in [-0.25, -0.2) is 0 Å². The number of amides is 1. The molecule has 1 N–H and O–H groups in total. The highest BCUT2D eigenvalue weighted by Gasteiger charge is 2.14. The highest BCUT2D eigenvalue weighted by molar-refractivity contribution is 9.10. The van der Waals surface area contributed by atoms with E-state index in [0.717, 1.165) is 15.6 Å². The summed E-state index contributed by atoms with van der Waals surface area (Å²) in [6.45, 7) is 2.00. The fourth-order valence-corrected chi connectivity index (χ4v) is 3.61. The van der Waals surface area contributed by atoms with Crippen molar-refractivity contribution in [3.05, 3.63) is 79.9 Å². The molecule has 28 heavy (non-hydrogen) atoms. The summed E-state index contributed by atoms with van der Waals surface area (Å²) in [5.41, 5.74) is 2.24. The van der Waals surface area contributed by atoms with Crippen LogP contribution in [0.5, 0.6) is 0 Å². The Morgan fingerprint density at radius 1 is 1.18 bits per heavy atom. The largest absolute Gasteiger partial charge is 0.457 e. The first-order valence-electron chi connectivity index (χ1n) is 8.12. The summed E-state index contributed by atoms with van der Waals surface area (Å²) >= 11 is 15.4. The van der Waals surface area contributed by atoms with E-state index < -0.39 is 5.91 Å². The summed E-state index contributed by atoms with van der Waals surface area (Å²) in [7, 11) is 0. The van der Waals surface area contributed by atoms with Crippen molar-refractivity contribution in [2.24, 2.45) is 0 Å². The summed E-state index contributed by atoms with van der Waals surface area (Å²) in [6.07, 6.45) is 1.38. The number of nitriles is 1. The zero-order valence-electron chi connectivity index (χ0n) is 14.6. The van der Waals surface area contributed by atoms with E-state index in [1.54, 1.807) is 24.3 Å². The number of hydrogen-bond donors (Lipinski definition) is 1. The van der Waals surface area contributed by atoms with E-state index in [1.807, 2.05) is 31.2 Å². The van der Waals surface area contributed by atoms with Gasteiger partial charge in [-0.3, -0.25) is 4.79 Å². The van der Waals surface area contributed by atoms with E-state index in [1.165, 1.54) is 12.1 Å². The van der Waals surface area contributed by atoms with Crippen molar-refractivity contribution < 1.29 is 9.21 Å². The minimum Gasteiger partial charge on any atom is -0.457 e. The molecular weight excluding hydrogens is 463 g/mol.